The number of H-pyrrole nitrogens is 1. The molecule has 13 heavy (non-hydrogen) atoms. The van der Waals surface area contributed by atoms with Crippen LogP contribution in [0.3, 0.4) is 0 Å². The summed E-state index contributed by atoms with van der Waals surface area (Å²) in [6.45, 7) is 0. The monoisotopic (exact) mass is 245 g/mol. The minimum Gasteiger partial charge on any atom is -0.492 e. The second kappa shape index (κ2) is 2.81. The second-order valence-electron chi connectivity index (χ2n) is 2.32. The highest BCUT2D eigenvalue weighted by atomic mass is 79.9. The van der Waals surface area contributed by atoms with E-state index in [-0.39, 0.29) is 17.4 Å². The maximum atomic E-state index is 10.7. The lowest BCUT2D eigenvalue weighted by Gasteiger charge is -1.87. The molecule has 0 amide bonds. The fourth-order valence-electron chi connectivity index (χ4n) is 0.919. The third kappa shape index (κ3) is 1.40. The van der Waals surface area contributed by atoms with E-state index in [4.69, 9.17) is 9.52 Å². The van der Waals surface area contributed by atoms with Crippen molar-refractivity contribution in [2.24, 2.45) is 0 Å². The largest absolute Gasteiger partial charge is 0.492 e. The number of aromatic hydroxyl groups is 1. The fraction of sp³-hybridized carbons (Fsp3) is 0. The zero-order valence-electron chi connectivity index (χ0n) is 6.20. The SMILES string of the molecule is O=c1[nH]c(O)c(-c2cc(Br)co2)o1. The average Bonchev–Trinajstić information content (AvgIpc) is 2.58. The summed E-state index contributed by atoms with van der Waals surface area (Å²) in [5.74, 6) is -0.787. The summed E-state index contributed by atoms with van der Waals surface area (Å²) in [4.78, 5) is 12.7. The third-order valence-electron chi connectivity index (χ3n) is 1.42. The zero-order chi connectivity index (χ0) is 9.42. The molecule has 68 valence electrons. The Kier molecular flexibility index (Phi) is 1.77. The lowest BCUT2D eigenvalue weighted by Crippen LogP contribution is -1.92. The van der Waals surface area contributed by atoms with E-state index in [0.717, 1.165) is 0 Å². The van der Waals surface area contributed by atoms with Crippen LogP contribution in [0.15, 0.2) is 30.4 Å². The molecule has 5 nitrogen and oxygen atoms in total. The van der Waals surface area contributed by atoms with Gasteiger partial charge in [0.25, 0.3) is 0 Å². The molecule has 0 radical (unpaired) electrons. The number of furan rings is 1. The number of hydrogen-bond donors (Lipinski definition) is 2. The molecule has 0 saturated carbocycles. The van der Waals surface area contributed by atoms with Gasteiger partial charge in [-0.2, -0.15) is 0 Å². The molecule has 0 fully saturated rings. The lowest BCUT2D eigenvalue weighted by molar-refractivity contribution is 0.444. The van der Waals surface area contributed by atoms with Gasteiger partial charge in [-0.15, -0.1) is 0 Å². The van der Waals surface area contributed by atoms with Gasteiger partial charge < -0.3 is 13.9 Å². The van der Waals surface area contributed by atoms with E-state index in [1.807, 2.05) is 0 Å². The van der Waals surface area contributed by atoms with Gasteiger partial charge in [0.2, 0.25) is 11.6 Å². The molecule has 2 heterocycles. The Labute approximate surface area is 80.1 Å². The first-order valence-electron chi connectivity index (χ1n) is 3.33. The predicted octanol–water partition coefficient (Wildman–Crippen LogP) is 1.70. The van der Waals surface area contributed by atoms with E-state index in [2.05, 4.69) is 25.3 Å². The van der Waals surface area contributed by atoms with Crippen LogP contribution in [0.1, 0.15) is 0 Å². The molecule has 0 aliphatic carbocycles. The van der Waals surface area contributed by atoms with Crippen molar-refractivity contribution in [3.63, 3.8) is 0 Å². The fourth-order valence-corrected chi connectivity index (χ4v) is 1.22. The van der Waals surface area contributed by atoms with E-state index in [1.165, 1.54) is 6.26 Å². The first-order valence-corrected chi connectivity index (χ1v) is 4.12. The minimum atomic E-state index is -0.722. The lowest BCUT2D eigenvalue weighted by atomic mass is 10.4. The highest BCUT2D eigenvalue weighted by molar-refractivity contribution is 9.10. The summed E-state index contributed by atoms with van der Waals surface area (Å²) in [6, 6.07) is 1.58. The van der Waals surface area contributed by atoms with Crippen LogP contribution in [0.4, 0.5) is 0 Å². The first kappa shape index (κ1) is 8.18. The molecule has 0 aliphatic heterocycles. The van der Waals surface area contributed by atoms with Crippen molar-refractivity contribution in [2.45, 2.75) is 0 Å². The van der Waals surface area contributed by atoms with E-state index < -0.39 is 5.76 Å². The zero-order valence-corrected chi connectivity index (χ0v) is 7.79. The Hall–Kier alpha value is -1.43. The quantitative estimate of drug-likeness (QED) is 0.802. The van der Waals surface area contributed by atoms with Gasteiger partial charge in [-0.3, -0.25) is 4.98 Å². The van der Waals surface area contributed by atoms with Crippen LogP contribution in [0, 0.1) is 0 Å². The molecule has 0 saturated heterocycles. The standard InChI is InChI=1S/C7H4BrNO4/c8-3-1-4(12-2-3)5-6(10)9-7(11)13-5/h1-2,10H,(H,9,11). The van der Waals surface area contributed by atoms with Crippen molar-refractivity contribution in [3.8, 4) is 17.4 Å². The van der Waals surface area contributed by atoms with E-state index in [9.17, 15) is 4.79 Å². The van der Waals surface area contributed by atoms with Gasteiger partial charge in [-0.1, -0.05) is 0 Å². The highest BCUT2D eigenvalue weighted by Crippen LogP contribution is 2.29. The van der Waals surface area contributed by atoms with Crippen molar-refractivity contribution in [2.75, 3.05) is 0 Å². The van der Waals surface area contributed by atoms with E-state index in [0.29, 0.717) is 4.47 Å². The van der Waals surface area contributed by atoms with Crippen molar-refractivity contribution < 1.29 is 13.9 Å². The molecule has 2 N–H and O–H groups in total. The van der Waals surface area contributed by atoms with Gasteiger partial charge in [0.15, 0.2) is 5.76 Å². The van der Waals surface area contributed by atoms with Crippen LogP contribution in [0.2, 0.25) is 0 Å². The summed E-state index contributed by atoms with van der Waals surface area (Å²) in [6.07, 6.45) is 1.42. The van der Waals surface area contributed by atoms with E-state index in [1.54, 1.807) is 6.07 Å². The normalized spacial score (nSPS) is 10.5. The number of rotatable bonds is 1. The molecule has 0 unspecified atom stereocenters. The summed E-state index contributed by atoms with van der Waals surface area (Å²) in [5.41, 5.74) is 0. The number of aromatic amines is 1. The van der Waals surface area contributed by atoms with Crippen molar-refractivity contribution in [3.05, 3.63) is 27.4 Å². The molecule has 0 bridgehead atoms. The average molecular weight is 246 g/mol. The highest BCUT2D eigenvalue weighted by Gasteiger charge is 2.14. The van der Waals surface area contributed by atoms with E-state index >= 15 is 0 Å². The minimum absolute atomic E-state index is 0.00398. The number of halogens is 1. The number of aromatic nitrogens is 1. The first-order chi connectivity index (χ1) is 6.16. The Morgan fingerprint density at radius 1 is 1.54 bits per heavy atom. The number of hydrogen-bond acceptors (Lipinski definition) is 4. The van der Waals surface area contributed by atoms with Crippen LogP contribution in [0.25, 0.3) is 11.5 Å². The molecule has 0 aromatic carbocycles. The van der Waals surface area contributed by atoms with Crippen LogP contribution in [0.5, 0.6) is 5.88 Å². The van der Waals surface area contributed by atoms with Gasteiger partial charge in [0.1, 0.15) is 6.26 Å². The van der Waals surface area contributed by atoms with Gasteiger partial charge in [-0.25, -0.2) is 4.79 Å². The van der Waals surface area contributed by atoms with Gasteiger partial charge in [-0.05, 0) is 15.9 Å². The molecular formula is C7H4BrNO4. The molecule has 6 heteroatoms. The summed E-state index contributed by atoms with van der Waals surface area (Å²) < 4.78 is 10.3. The van der Waals surface area contributed by atoms with Crippen LogP contribution >= 0.6 is 15.9 Å². The molecule has 0 aliphatic rings. The Morgan fingerprint density at radius 3 is 2.77 bits per heavy atom. The number of oxazole rings is 1. The van der Waals surface area contributed by atoms with Gasteiger partial charge >= 0.3 is 5.76 Å². The van der Waals surface area contributed by atoms with Crippen molar-refractivity contribution >= 4 is 15.9 Å². The Balaban J connectivity index is 2.58. The molecular weight excluding hydrogens is 242 g/mol. The van der Waals surface area contributed by atoms with Crippen LogP contribution in [-0.2, 0) is 0 Å². The molecule has 2 aromatic rings. The third-order valence-corrected chi connectivity index (χ3v) is 1.84. The molecule has 2 aromatic heterocycles. The van der Waals surface area contributed by atoms with Crippen LogP contribution < -0.4 is 5.76 Å². The van der Waals surface area contributed by atoms with Gasteiger partial charge in [0.05, 0.1) is 4.47 Å². The molecule has 2 rings (SSSR count). The predicted molar refractivity (Wildman–Crippen MR) is 46.4 cm³/mol. The Morgan fingerprint density at radius 2 is 2.31 bits per heavy atom. The molecule has 0 atom stereocenters. The summed E-state index contributed by atoms with van der Waals surface area (Å²) in [7, 11) is 0. The van der Waals surface area contributed by atoms with Crippen molar-refractivity contribution in [1.82, 2.24) is 4.98 Å². The smallest absolute Gasteiger partial charge is 0.419 e. The van der Waals surface area contributed by atoms with Crippen LogP contribution in [-0.4, -0.2) is 10.1 Å². The Bertz CT molecular complexity index is 481. The second-order valence-corrected chi connectivity index (χ2v) is 3.24. The maximum Gasteiger partial charge on any atom is 0.419 e. The maximum absolute atomic E-state index is 10.7. The van der Waals surface area contributed by atoms with Gasteiger partial charge in [0, 0.05) is 6.07 Å². The summed E-state index contributed by atoms with van der Waals surface area (Å²) >= 11 is 3.16. The topological polar surface area (TPSA) is 79.4 Å². The van der Waals surface area contributed by atoms with Crippen molar-refractivity contribution in [1.29, 1.82) is 0 Å². The summed E-state index contributed by atoms with van der Waals surface area (Å²) in [5, 5.41) is 9.17. The molecule has 0 spiro atoms. The number of nitrogens with one attached hydrogen (secondary N) is 1.